The van der Waals surface area contributed by atoms with Crippen molar-refractivity contribution in [2.45, 2.75) is 0 Å². The maximum atomic E-state index is 11.1. The number of hydrogen-bond acceptors (Lipinski definition) is 1. The zero-order valence-corrected chi connectivity index (χ0v) is 7.08. The topological polar surface area (TPSA) is 29.1 Å². The average molecular weight is 171 g/mol. The van der Waals surface area contributed by atoms with E-state index < -0.39 is 0 Å². The molecule has 1 amide bonds. The number of carbonyl (C=O) groups is 1. The maximum absolute atomic E-state index is 11.1. The van der Waals surface area contributed by atoms with Gasteiger partial charge in [-0.3, -0.25) is 4.79 Å². The van der Waals surface area contributed by atoms with E-state index in [1.807, 2.05) is 30.3 Å². The summed E-state index contributed by atoms with van der Waals surface area (Å²) in [6.07, 6.45) is 1.69. The highest BCUT2D eigenvalue weighted by Crippen LogP contribution is 2.24. The Morgan fingerprint density at radius 1 is 1.15 bits per heavy atom. The van der Waals surface area contributed by atoms with Crippen molar-refractivity contribution >= 4 is 11.5 Å². The van der Waals surface area contributed by atoms with Gasteiger partial charge in [-0.15, -0.1) is 0 Å². The minimum atomic E-state index is -0.112. The van der Waals surface area contributed by atoms with E-state index >= 15 is 0 Å². The van der Waals surface area contributed by atoms with Crippen LogP contribution in [0.2, 0.25) is 0 Å². The highest BCUT2D eigenvalue weighted by molar-refractivity contribution is 6.13. The molecule has 0 radical (unpaired) electrons. The van der Waals surface area contributed by atoms with Gasteiger partial charge in [0.15, 0.2) is 0 Å². The van der Waals surface area contributed by atoms with Crippen molar-refractivity contribution in [3.8, 4) is 0 Å². The quantitative estimate of drug-likeness (QED) is 0.640. The van der Waals surface area contributed by atoms with Crippen LogP contribution in [0.25, 0.3) is 5.57 Å². The zero-order valence-electron chi connectivity index (χ0n) is 7.08. The van der Waals surface area contributed by atoms with Gasteiger partial charge in [0.25, 0.3) is 5.91 Å². The maximum Gasteiger partial charge on any atom is 0.255 e. The molecule has 1 aromatic rings. The third kappa shape index (κ3) is 1.26. The molecule has 13 heavy (non-hydrogen) atoms. The Kier molecular flexibility index (Phi) is 1.74. The molecule has 2 nitrogen and oxygen atoms in total. The van der Waals surface area contributed by atoms with Gasteiger partial charge in [0.1, 0.15) is 0 Å². The molecule has 0 saturated carbocycles. The largest absolute Gasteiger partial charge is 0.328 e. The summed E-state index contributed by atoms with van der Waals surface area (Å²) in [5.41, 5.74) is 2.43. The summed E-state index contributed by atoms with van der Waals surface area (Å²) in [5, 5.41) is 2.62. The van der Waals surface area contributed by atoms with Crippen LogP contribution < -0.4 is 5.32 Å². The van der Waals surface area contributed by atoms with E-state index in [0.29, 0.717) is 5.57 Å². The Morgan fingerprint density at radius 3 is 2.38 bits per heavy atom. The zero-order chi connectivity index (χ0) is 9.26. The molecule has 0 aromatic heterocycles. The molecule has 1 aliphatic heterocycles. The van der Waals surface area contributed by atoms with Crippen LogP contribution in [0.15, 0.2) is 48.7 Å². The fourth-order valence-corrected chi connectivity index (χ4v) is 1.31. The van der Waals surface area contributed by atoms with Crippen LogP contribution in [0, 0.1) is 0 Å². The molecule has 1 aromatic carbocycles. The number of amides is 1. The summed E-state index contributed by atoms with van der Waals surface area (Å²) in [6.45, 7) is 3.71. The Balaban J connectivity index is 2.39. The van der Waals surface area contributed by atoms with Gasteiger partial charge in [0.05, 0.1) is 0 Å². The average Bonchev–Trinajstić information content (AvgIpc) is 2.49. The molecule has 1 heterocycles. The highest BCUT2D eigenvalue weighted by Gasteiger charge is 2.18. The first-order valence-electron chi connectivity index (χ1n) is 4.05. The lowest BCUT2D eigenvalue weighted by molar-refractivity contribution is -0.115. The number of hydrogen-bond donors (Lipinski definition) is 1. The summed E-state index contributed by atoms with van der Waals surface area (Å²) in [5.74, 6) is -0.112. The van der Waals surface area contributed by atoms with E-state index in [4.69, 9.17) is 0 Å². The first-order valence-corrected chi connectivity index (χ1v) is 4.05. The Labute approximate surface area is 76.6 Å². The minimum Gasteiger partial charge on any atom is -0.328 e. The van der Waals surface area contributed by atoms with Crippen LogP contribution in [0.3, 0.4) is 0 Å². The second-order valence-electron chi connectivity index (χ2n) is 2.88. The van der Waals surface area contributed by atoms with Gasteiger partial charge < -0.3 is 5.32 Å². The van der Waals surface area contributed by atoms with Crippen LogP contribution in [0.1, 0.15) is 5.56 Å². The van der Waals surface area contributed by atoms with Gasteiger partial charge in [-0.05, 0) is 5.56 Å². The number of benzene rings is 1. The molecule has 0 spiro atoms. The standard InChI is InChI=1S/C11H9NO/c1-8-10(7-12-11(8)13)9-5-3-2-4-6-9/h2-7H,1H2,(H,12,13). The van der Waals surface area contributed by atoms with E-state index in [9.17, 15) is 4.79 Å². The molecule has 1 aliphatic rings. The van der Waals surface area contributed by atoms with Gasteiger partial charge in [-0.2, -0.15) is 0 Å². The molecule has 64 valence electrons. The molecular weight excluding hydrogens is 162 g/mol. The Bertz CT molecular complexity index is 390. The van der Waals surface area contributed by atoms with Gasteiger partial charge in [-0.1, -0.05) is 36.9 Å². The van der Waals surface area contributed by atoms with Crippen molar-refractivity contribution in [1.82, 2.24) is 5.32 Å². The fourth-order valence-electron chi connectivity index (χ4n) is 1.31. The van der Waals surface area contributed by atoms with Gasteiger partial charge in [0, 0.05) is 17.3 Å². The van der Waals surface area contributed by atoms with Crippen molar-refractivity contribution in [2.24, 2.45) is 0 Å². The molecular formula is C11H9NO. The molecule has 0 unspecified atom stereocenters. The molecule has 2 rings (SSSR count). The lowest BCUT2D eigenvalue weighted by atomic mass is 10.0. The molecule has 0 bridgehead atoms. The van der Waals surface area contributed by atoms with Crippen molar-refractivity contribution in [3.63, 3.8) is 0 Å². The molecule has 0 fully saturated rings. The number of carbonyl (C=O) groups excluding carboxylic acids is 1. The van der Waals surface area contributed by atoms with Crippen molar-refractivity contribution in [1.29, 1.82) is 0 Å². The van der Waals surface area contributed by atoms with Crippen molar-refractivity contribution < 1.29 is 4.79 Å². The summed E-state index contributed by atoms with van der Waals surface area (Å²) in [6, 6.07) is 9.73. The summed E-state index contributed by atoms with van der Waals surface area (Å²) in [7, 11) is 0. The SMILES string of the molecule is C=C1C(=O)NC=C1c1ccccc1. The summed E-state index contributed by atoms with van der Waals surface area (Å²) >= 11 is 0. The third-order valence-electron chi connectivity index (χ3n) is 2.03. The van der Waals surface area contributed by atoms with Crippen LogP contribution in [-0.4, -0.2) is 5.91 Å². The van der Waals surface area contributed by atoms with Crippen LogP contribution in [-0.2, 0) is 4.79 Å². The van der Waals surface area contributed by atoms with E-state index in [0.717, 1.165) is 11.1 Å². The Morgan fingerprint density at radius 2 is 1.85 bits per heavy atom. The second-order valence-corrected chi connectivity index (χ2v) is 2.88. The smallest absolute Gasteiger partial charge is 0.255 e. The predicted molar refractivity (Wildman–Crippen MR) is 51.7 cm³/mol. The summed E-state index contributed by atoms with van der Waals surface area (Å²) in [4.78, 5) is 11.1. The van der Waals surface area contributed by atoms with E-state index in [-0.39, 0.29) is 5.91 Å². The van der Waals surface area contributed by atoms with Crippen LogP contribution in [0.5, 0.6) is 0 Å². The van der Waals surface area contributed by atoms with Crippen LogP contribution >= 0.6 is 0 Å². The van der Waals surface area contributed by atoms with Gasteiger partial charge >= 0.3 is 0 Å². The molecule has 0 aliphatic carbocycles. The highest BCUT2D eigenvalue weighted by atomic mass is 16.1. The summed E-state index contributed by atoms with van der Waals surface area (Å²) < 4.78 is 0. The molecule has 0 saturated heterocycles. The van der Waals surface area contributed by atoms with Crippen molar-refractivity contribution in [3.05, 3.63) is 54.2 Å². The van der Waals surface area contributed by atoms with Gasteiger partial charge in [0.2, 0.25) is 0 Å². The number of nitrogens with one attached hydrogen (secondary N) is 1. The molecule has 2 heteroatoms. The van der Waals surface area contributed by atoms with Gasteiger partial charge in [-0.25, -0.2) is 0 Å². The predicted octanol–water partition coefficient (Wildman–Crippen LogP) is 1.71. The van der Waals surface area contributed by atoms with Crippen molar-refractivity contribution in [2.75, 3.05) is 0 Å². The minimum absolute atomic E-state index is 0.112. The molecule has 1 N–H and O–H groups in total. The lowest BCUT2D eigenvalue weighted by Crippen LogP contribution is -2.10. The van der Waals surface area contributed by atoms with E-state index in [1.54, 1.807) is 6.20 Å². The van der Waals surface area contributed by atoms with Crippen LogP contribution in [0.4, 0.5) is 0 Å². The lowest BCUT2D eigenvalue weighted by Gasteiger charge is -2.00. The number of rotatable bonds is 1. The normalized spacial score (nSPS) is 15.5. The van der Waals surface area contributed by atoms with E-state index in [2.05, 4.69) is 11.9 Å². The fraction of sp³-hybridized carbons (Fsp3) is 0. The first-order chi connectivity index (χ1) is 6.29. The third-order valence-corrected chi connectivity index (χ3v) is 2.03. The molecule has 0 atom stereocenters. The monoisotopic (exact) mass is 171 g/mol. The second kappa shape index (κ2) is 2.90. The first kappa shape index (κ1) is 7.80. The van der Waals surface area contributed by atoms with E-state index in [1.165, 1.54) is 0 Å². The Hall–Kier alpha value is -1.83.